The summed E-state index contributed by atoms with van der Waals surface area (Å²) in [7, 11) is 0. The number of fused-ring (bicyclic) bond motifs is 1. The molecule has 7 nitrogen and oxygen atoms in total. The number of nitrogens with zero attached hydrogens (tertiary/aromatic N) is 4. The summed E-state index contributed by atoms with van der Waals surface area (Å²) in [6.45, 7) is 3.73. The molecule has 0 aliphatic carbocycles. The van der Waals surface area contributed by atoms with Crippen LogP contribution >= 0.6 is 0 Å². The number of carbonyl (C=O) groups is 1. The highest BCUT2D eigenvalue weighted by Crippen LogP contribution is 2.20. The zero-order valence-electron chi connectivity index (χ0n) is 13.8. The Hall–Kier alpha value is -2.93. The second-order valence-corrected chi connectivity index (χ2v) is 6.03. The molecule has 0 saturated carbocycles. The summed E-state index contributed by atoms with van der Waals surface area (Å²) in [6, 6.07) is 9.97. The van der Waals surface area contributed by atoms with Crippen LogP contribution in [0.15, 0.2) is 53.3 Å². The number of furan rings is 1. The first-order valence-electron chi connectivity index (χ1n) is 8.30. The number of benzene rings is 1. The minimum absolute atomic E-state index is 0.135. The van der Waals surface area contributed by atoms with Crippen molar-refractivity contribution in [2.45, 2.75) is 6.54 Å². The van der Waals surface area contributed by atoms with Gasteiger partial charge in [-0.25, -0.2) is 9.78 Å². The molecule has 1 fully saturated rings. The molecule has 4 rings (SSSR count). The van der Waals surface area contributed by atoms with Gasteiger partial charge in [-0.15, -0.1) is 0 Å². The Kier molecular flexibility index (Phi) is 4.30. The number of carbonyl (C=O) groups excluding carboxylic acids is 1. The minimum atomic E-state index is -0.135. The molecule has 1 aliphatic rings. The fraction of sp³-hybridized carbons (Fsp3) is 0.278. The van der Waals surface area contributed by atoms with Crippen LogP contribution < -0.4 is 5.32 Å². The van der Waals surface area contributed by atoms with Crippen LogP contribution in [0.3, 0.4) is 0 Å². The maximum Gasteiger partial charge on any atom is 0.323 e. The number of piperazine rings is 1. The van der Waals surface area contributed by atoms with Crippen molar-refractivity contribution in [3.05, 3.63) is 54.7 Å². The Morgan fingerprint density at radius 1 is 1.16 bits per heavy atom. The van der Waals surface area contributed by atoms with Crippen molar-refractivity contribution < 1.29 is 9.21 Å². The second kappa shape index (κ2) is 6.90. The zero-order chi connectivity index (χ0) is 17.1. The molecule has 3 heterocycles. The van der Waals surface area contributed by atoms with Crippen molar-refractivity contribution >= 4 is 22.8 Å². The first-order valence-corrected chi connectivity index (χ1v) is 8.30. The molecule has 0 radical (unpaired) electrons. The van der Waals surface area contributed by atoms with Gasteiger partial charge in [-0.2, -0.15) is 0 Å². The van der Waals surface area contributed by atoms with Crippen molar-refractivity contribution in [2.75, 3.05) is 31.5 Å². The molecule has 2 aromatic heterocycles. The molecule has 0 bridgehead atoms. The van der Waals surface area contributed by atoms with Gasteiger partial charge < -0.3 is 9.32 Å². The van der Waals surface area contributed by atoms with Crippen LogP contribution in [0.5, 0.6) is 0 Å². The van der Waals surface area contributed by atoms with E-state index in [1.165, 1.54) is 6.20 Å². The van der Waals surface area contributed by atoms with E-state index in [-0.39, 0.29) is 6.03 Å². The van der Waals surface area contributed by atoms with Crippen molar-refractivity contribution in [3.63, 3.8) is 0 Å². The predicted molar refractivity (Wildman–Crippen MR) is 94.1 cm³/mol. The molecule has 3 aromatic rings. The van der Waals surface area contributed by atoms with E-state index in [9.17, 15) is 4.79 Å². The smallest absolute Gasteiger partial charge is 0.323 e. The number of aromatic nitrogens is 2. The van der Waals surface area contributed by atoms with E-state index >= 15 is 0 Å². The van der Waals surface area contributed by atoms with E-state index in [1.807, 2.05) is 18.2 Å². The van der Waals surface area contributed by atoms with Crippen LogP contribution in [0, 0.1) is 0 Å². The maximum atomic E-state index is 12.3. The minimum Gasteiger partial charge on any atom is -0.460 e. The van der Waals surface area contributed by atoms with Gasteiger partial charge in [0.1, 0.15) is 11.3 Å². The predicted octanol–water partition coefficient (Wildman–Crippen LogP) is 2.57. The van der Waals surface area contributed by atoms with Gasteiger partial charge in [0.15, 0.2) is 5.82 Å². The SMILES string of the molecule is O=C(Nc1cnccn1)N1CCN(Cc2cc3ccccc3o2)CC1. The Bertz CT molecular complexity index is 823. The molecule has 1 N–H and O–H groups in total. The highest BCUT2D eigenvalue weighted by Gasteiger charge is 2.22. The average Bonchev–Trinajstić information content (AvgIpc) is 3.05. The first-order chi connectivity index (χ1) is 12.3. The maximum absolute atomic E-state index is 12.3. The fourth-order valence-corrected chi connectivity index (χ4v) is 3.00. The summed E-state index contributed by atoms with van der Waals surface area (Å²) in [5.74, 6) is 1.43. The van der Waals surface area contributed by atoms with Gasteiger partial charge in [0, 0.05) is 44.0 Å². The Morgan fingerprint density at radius 2 is 2.00 bits per heavy atom. The van der Waals surface area contributed by atoms with Gasteiger partial charge >= 0.3 is 6.03 Å². The zero-order valence-corrected chi connectivity index (χ0v) is 13.8. The van der Waals surface area contributed by atoms with Crippen LogP contribution in [0.2, 0.25) is 0 Å². The van der Waals surface area contributed by atoms with E-state index < -0.39 is 0 Å². The molecule has 0 atom stereocenters. The normalized spacial score (nSPS) is 15.4. The van der Waals surface area contributed by atoms with E-state index in [1.54, 1.807) is 17.3 Å². The standard InChI is InChI=1S/C18H19N5O2/c24-18(21-17-12-19-5-6-20-17)23-9-7-22(8-10-23)13-15-11-14-3-1-2-4-16(14)25-15/h1-6,11-12H,7-10,13H2,(H,20,21,24). The molecule has 1 aromatic carbocycles. The number of nitrogens with one attached hydrogen (secondary N) is 1. The lowest BCUT2D eigenvalue weighted by atomic mass is 10.2. The number of rotatable bonds is 3. The van der Waals surface area contributed by atoms with E-state index in [4.69, 9.17) is 4.42 Å². The highest BCUT2D eigenvalue weighted by atomic mass is 16.3. The lowest BCUT2D eigenvalue weighted by Gasteiger charge is -2.34. The number of hydrogen-bond acceptors (Lipinski definition) is 5. The Balaban J connectivity index is 1.31. The topological polar surface area (TPSA) is 74.5 Å². The molecule has 0 unspecified atom stereocenters. The quantitative estimate of drug-likeness (QED) is 0.795. The van der Waals surface area contributed by atoms with Crippen LogP contribution in [-0.2, 0) is 6.54 Å². The first kappa shape index (κ1) is 15.6. The van der Waals surface area contributed by atoms with Gasteiger partial charge in [0.25, 0.3) is 0 Å². The molecule has 1 aliphatic heterocycles. The van der Waals surface area contributed by atoms with Gasteiger partial charge in [0.2, 0.25) is 0 Å². The van der Waals surface area contributed by atoms with Crippen molar-refractivity contribution in [2.24, 2.45) is 0 Å². The number of para-hydroxylation sites is 1. The van der Waals surface area contributed by atoms with Crippen molar-refractivity contribution in [1.29, 1.82) is 0 Å². The summed E-state index contributed by atoms with van der Waals surface area (Å²) in [4.78, 5) is 24.4. The number of urea groups is 1. The van der Waals surface area contributed by atoms with Crippen LogP contribution in [0.1, 0.15) is 5.76 Å². The highest BCUT2D eigenvalue weighted by molar-refractivity contribution is 5.88. The second-order valence-electron chi connectivity index (χ2n) is 6.03. The molecule has 25 heavy (non-hydrogen) atoms. The van der Waals surface area contributed by atoms with E-state index in [0.29, 0.717) is 18.9 Å². The summed E-state index contributed by atoms with van der Waals surface area (Å²) in [5, 5.41) is 3.89. The molecule has 0 spiro atoms. The average molecular weight is 337 g/mol. The van der Waals surface area contributed by atoms with Crippen LogP contribution in [0.4, 0.5) is 10.6 Å². The Morgan fingerprint density at radius 3 is 2.76 bits per heavy atom. The summed E-state index contributed by atoms with van der Waals surface area (Å²) < 4.78 is 5.87. The van der Waals surface area contributed by atoms with Crippen molar-refractivity contribution in [1.82, 2.24) is 19.8 Å². The van der Waals surface area contributed by atoms with Gasteiger partial charge in [-0.05, 0) is 12.1 Å². The largest absolute Gasteiger partial charge is 0.460 e. The molecular formula is C18H19N5O2. The van der Waals surface area contributed by atoms with Gasteiger partial charge in [-0.3, -0.25) is 15.2 Å². The monoisotopic (exact) mass is 337 g/mol. The molecule has 2 amide bonds. The third-order valence-electron chi connectivity index (χ3n) is 4.31. The lowest BCUT2D eigenvalue weighted by molar-refractivity contribution is 0.137. The summed E-state index contributed by atoms with van der Waals surface area (Å²) in [6.07, 6.45) is 4.67. The molecule has 128 valence electrons. The van der Waals surface area contributed by atoms with Gasteiger partial charge in [0.05, 0.1) is 12.7 Å². The molecular weight excluding hydrogens is 318 g/mol. The molecule has 7 heteroatoms. The third kappa shape index (κ3) is 3.61. The van der Waals surface area contributed by atoms with E-state index in [0.717, 1.165) is 36.4 Å². The third-order valence-corrected chi connectivity index (χ3v) is 4.31. The summed E-state index contributed by atoms with van der Waals surface area (Å²) in [5.41, 5.74) is 0.916. The fourth-order valence-electron chi connectivity index (χ4n) is 3.00. The van der Waals surface area contributed by atoms with Crippen molar-refractivity contribution in [3.8, 4) is 0 Å². The number of anilines is 1. The van der Waals surface area contributed by atoms with Crippen LogP contribution in [0.25, 0.3) is 11.0 Å². The van der Waals surface area contributed by atoms with Crippen LogP contribution in [-0.4, -0.2) is 52.0 Å². The summed E-state index contributed by atoms with van der Waals surface area (Å²) >= 11 is 0. The number of amides is 2. The molecule has 1 saturated heterocycles. The Labute approximate surface area is 145 Å². The van der Waals surface area contributed by atoms with Gasteiger partial charge in [-0.1, -0.05) is 18.2 Å². The lowest BCUT2D eigenvalue weighted by Crippen LogP contribution is -2.49. The van der Waals surface area contributed by atoms with E-state index in [2.05, 4.69) is 32.3 Å². The number of hydrogen-bond donors (Lipinski definition) is 1.